The van der Waals surface area contributed by atoms with Crippen molar-refractivity contribution in [2.75, 3.05) is 0 Å². The molecular weight excluding hydrogens is 206 g/mol. The second-order valence-corrected chi connectivity index (χ2v) is 4.25. The van der Waals surface area contributed by atoms with Crippen molar-refractivity contribution in [3.63, 3.8) is 0 Å². The maximum absolute atomic E-state index is 11.9. The zero-order valence-electron chi connectivity index (χ0n) is 9.19. The molecule has 0 aliphatic heterocycles. The van der Waals surface area contributed by atoms with Crippen molar-refractivity contribution in [1.82, 2.24) is 10.5 Å². The maximum atomic E-state index is 11.9. The van der Waals surface area contributed by atoms with E-state index < -0.39 is 0 Å². The van der Waals surface area contributed by atoms with E-state index in [2.05, 4.69) is 10.5 Å². The summed E-state index contributed by atoms with van der Waals surface area (Å²) < 4.78 is 4.90. The van der Waals surface area contributed by atoms with E-state index >= 15 is 0 Å². The molecule has 2 rings (SSSR count). The normalized spacial score (nSPS) is 25.3. The molecule has 2 unspecified atom stereocenters. The SMILES string of the molecule is NC1CCCCC1C(=O)NCc1ccno1. The lowest BCUT2D eigenvalue weighted by Gasteiger charge is -2.27. The summed E-state index contributed by atoms with van der Waals surface area (Å²) in [7, 11) is 0. The molecule has 1 fully saturated rings. The van der Waals surface area contributed by atoms with Crippen LogP contribution in [0.2, 0.25) is 0 Å². The van der Waals surface area contributed by atoms with Crippen LogP contribution in [0.1, 0.15) is 31.4 Å². The highest BCUT2D eigenvalue weighted by Crippen LogP contribution is 2.23. The highest BCUT2D eigenvalue weighted by Gasteiger charge is 2.27. The van der Waals surface area contributed by atoms with Gasteiger partial charge in [-0.15, -0.1) is 0 Å². The van der Waals surface area contributed by atoms with E-state index in [4.69, 9.17) is 10.3 Å². The van der Waals surface area contributed by atoms with Gasteiger partial charge in [-0.05, 0) is 12.8 Å². The number of carbonyl (C=O) groups is 1. The van der Waals surface area contributed by atoms with E-state index in [0.717, 1.165) is 25.7 Å². The Kier molecular flexibility index (Phi) is 3.56. The Morgan fingerprint density at radius 1 is 1.56 bits per heavy atom. The Labute approximate surface area is 94.4 Å². The van der Waals surface area contributed by atoms with Crippen molar-refractivity contribution >= 4 is 5.91 Å². The van der Waals surface area contributed by atoms with E-state index in [0.29, 0.717) is 12.3 Å². The van der Waals surface area contributed by atoms with Crippen molar-refractivity contribution in [3.8, 4) is 0 Å². The van der Waals surface area contributed by atoms with Crippen molar-refractivity contribution in [1.29, 1.82) is 0 Å². The third-order valence-corrected chi connectivity index (χ3v) is 3.08. The molecule has 1 aliphatic rings. The average Bonchev–Trinajstić information content (AvgIpc) is 2.79. The van der Waals surface area contributed by atoms with Crippen molar-refractivity contribution in [2.45, 2.75) is 38.3 Å². The molecule has 5 heteroatoms. The predicted octanol–water partition coefficient (Wildman–Crippen LogP) is 0.808. The third-order valence-electron chi connectivity index (χ3n) is 3.08. The Balaban J connectivity index is 1.83. The first-order valence-corrected chi connectivity index (χ1v) is 5.70. The zero-order chi connectivity index (χ0) is 11.4. The second-order valence-electron chi connectivity index (χ2n) is 4.25. The van der Waals surface area contributed by atoms with Crippen LogP contribution in [0.3, 0.4) is 0 Å². The number of amides is 1. The van der Waals surface area contributed by atoms with E-state index in [1.165, 1.54) is 0 Å². The number of nitrogens with zero attached hydrogens (tertiary/aromatic N) is 1. The Morgan fingerprint density at radius 3 is 3.06 bits per heavy atom. The molecule has 1 saturated carbocycles. The lowest BCUT2D eigenvalue weighted by atomic mass is 9.84. The molecule has 88 valence electrons. The molecular formula is C11H17N3O2. The van der Waals surface area contributed by atoms with Crippen LogP contribution in [0, 0.1) is 5.92 Å². The van der Waals surface area contributed by atoms with Crippen LogP contribution in [0.5, 0.6) is 0 Å². The number of hydrogen-bond donors (Lipinski definition) is 2. The molecule has 1 heterocycles. The monoisotopic (exact) mass is 223 g/mol. The number of aromatic nitrogens is 1. The van der Waals surface area contributed by atoms with Gasteiger partial charge in [0.05, 0.1) is 18.7 Å². The quantitative estimate of drug-likeness (QED) is 0.794. The second kappa shape index (κ2) is 5.12. The fourth-order valence-corrected chi connectivity index (χ4v) is 2.12. The summed E-state index contributed by atoms with van der Waals surface area (Å²) in [5.74, 6) is 0.651. The fourth-order valence-electron chi connectivity index (χ4n) is 2.12. The van der Waals surface area contributed by atoms with Gasteiger partial charge in [-0.25, -0.2) is 0 Å². The number of nitrogens with one attached hydrogen (secondary N) is 1. The molecule has 1 aromatic rings. The summed E-state index contributed by atoms with van der Waals surface area (Å²) in [6, 6.07) is 1.74. The Hall–Kier alpha value is -1.36. The van der Waals surface area contributed by atoms with Gasteiger partial charge in [0, 0.05) is 12.1 Å². The van der Waals surface area contributed by atoms with Gasteiger partial charge in [0.1, 0.15) is 0 Å². The molecule has 0 radical (unpaired) electrons. The van der Waals surface area contributed by atoms with Crippen LogP contribution < -0.4 is 11.1 Å². The largest absolute Gasteiger partial charge is 0.360 e. The summed E-state index contributed by atoms with van der Waals surface area (Å²) in [5, 5.41) is 6.41. The number of carbonyl (C=O) groups excluding carboxylic acids is 1. The smallest absolute Gasteiger partial charge is 0.225 e. The molecule has 1 amide bonds. The van der Waals surface area contributed by atoms with Crippen molar-refractivity contribution in [2.24, 2.45) is 11.7 Å². The highest BCUT2D eigenvalue weighted by atomic mass is 16.5. The summed E-state index contributed by atoms with van der Waals surface area (Å²) in [4.78, 5) is 11.9. The average molecular weight is 223 g/mol. The molecule has 1 aliphatic carbocycles. The van der Waals surface area contributed by atoms with Gasteiger partial charge < -0.3 is 15.6 Å². The van der Waals surface area contributed by atoms with Crippen molar-refractivity contribution < 1.29 is 9.32 Å². The van der Waals surface area contributed by atoms with Gasteiger partial charge in [-0.3, -0.25) is 4.79 Å². The molecule has 5 nitrogen and oxygen atoms in total. The summed E-state index contributed by atoms with van der Waals surface area (Å²) in [6.07, 6.45) is 5.62. The van der Waals surface area contributed by atoms with Gasteiger partial charge >= 0.3 is 0 Å². The van der Waals surface area contributed by atoms with E-state index in [-0.39, 0.29) is 17.9 Å². The topological polar surface area (TPSA) is 81.2 Å². The molecule has 16 heavy (non-hydrogen) atoms. The Morgan fingerprint density at radius 2 is 2.38 bits per heavy atom. The van der Waals surface area contributed by atoms with Gasteiger partial charge in [0.2, 0.25) is 5.91 Å². The van der Waals surface area contributed by atoms with Crippen LogP contribution in [0.15, 0.2) is 16.8 Å². The van der Waals surface area contributed by atoms with Crippen LogP contribution in [-0.2, 0) is 11.3 Å². The van der Waals surface area contributed by atoms with Gasteiger partial charge in [-0.1, -0.05) is 18.0 Å². The molecule has 1 aromatic heterocycles. The predicted molar refractivity (Wildman–Crippen MR) is 58.3 cm³/mol. The molecule has 0 spiro atoms. The van der Waals surface area contributed by atoms with Crippen LogP contribution in [-0.4, -0.2) is 17.1 Å². The number of rotatable bonds is 3. The van der Waals surface area contributed by atoms with E-state index in [1.54, 1.807) is 12.3 Å². The summed E-state index contributed by atoms with van der Waals surface area (Å²) in [6.45, 7) is 0.391. The third kappa shape index (κ3) is 2.61. The zero-order valence-corrected chi connectivity index (χ0v) is 9.19. The summed E-state index contributed by atoms with van der Waals surface area (Å²) >= 11 is 0. The molecule has 0 bridgehead atoms. The first-order valence-electron chi connectivity index (χ1n) is 5.70. The summed E-state index contributed by atoms with van der Waals surface area (Å²) in [5.41, 5.74) is 5.93. The molecule has 3 N–H and O–H groups in total. The standard InChI is InChI=1S/C11H17N3O2/c12-10-4-2-1-3-9(10)11(15)13-7-8-5-6-14-16-8/h5-6,9-10H,1-4,7,12H2,(H,13,15). The highest BCUT2D eigenvalue weighted by molar-refractivity contribution is 5.79. The first kappa shape index (κ1) is 11.1. The van der Waals surface area contributed by atoms with Crippen LogP contribution in [0.25, 0.3) is 0 Å². The van der Waals surface area contributed by atoms with Gasteiger partial charge in [-0.2, -0.15) is 0 Å². The lowest BCUT2D eigenvalue weighted by molar-refractivity contribution is -0.126. The number of hydrogen-bond acceptors (Lipinski definition) is 4. The number of nitrogens with two attached hydrogens (primary N) is 1. The first-order chi connectivity index (χ1) is 7.77. The molecule has 2 atom stereocenters. The van der Waals surface area contributed by atoms with Gasteiger partial charge in [0.25, 0.3) is 0 Å². The minimum absolute atomic E-state index is 0.00322. The minimum atomic E-state index is -0.0447. The van der Waals surface area contributed by atoms with E-state index in [9.17, 15) is 4.79 Å². The van der Waals surface area contributed by atoms with Crippen molar-refractivity contribution in [3.05, 3.63) is 18.0 Å². The van der Waals surface area contributed by atoms with Crippen LogP contribution in [0.4, 0.5) is 0 Å². The maximum Gasteiger partial charge on any atom is 0.225 e. The molecule has 0 saturated heterocycles. The molecule has 0 aromatic carbocycles. The minimum Gasteiger partial charge on any atom is -0.360 e. The van der Waals surface area contributed by atoms with E-state index in [1.807, 2.05) is 0 Å². The fraction of sp³-hybridized carbons (Fsp3) is 0.636. The van der Waals surface area contributed by atoms with Gasteiger partial charge in [0.15, 0.2) is 5.76 Å². The van der Waals surface area contributed by atoms with Crippen LogP contribution >= 0.6 is 0 Å². The lowest BCUT2D eigenvalue weighted by Crippen LogP contribution is -2.43. The Bertz CT molecular complexity index is 337.